The Morgan fingerprint density at radius 3 is 2.30 bits per heavy atom. The van der Waals surface area contributed by atoms with Gasteiger partial charge in [0.25, 0.3) is 0 Å². The van der Waals surface area contributed by atoms with Crippen LogP contribution in [0.15, 0.2) is 42.5 Å². The van der Waals surface area contributed by atoms with Crippen LogP contribution in [0.1, 0.15) is 15.9 Å². The minimum Gasteiger partial charge on any atom is -0.366 e. The molecular weight excluding hydrogens is 291 g/mol. The van der Waals surface area contributed by atoms with Crippen molar-refractivity contribution in [2.75, 3.05) is 0 Å². The van der Waals surface area contributed by atoms with Crippen LogP contribution < -0.4 is 5.73 Å². The van der Waals surface area contributed by atoms with Crippen LogP contribution in [0.2, 0.25) is 5.02 Å². The lowest BCUT2D eigenvalue weighted by Crippen LogP contribution is -2.14. The van der Waals surface area contributed by atoms with Crippen molar-refractivity contribution in [2.24, 2.45) is 5.73 Å². The summed E-state index contributed by atoms with van der Waals surface area (Å²) in [5.41, 5.74) is 4.29. The van der Waals surface area contributed by atoms with Gasteiger partial charge in [0.15, 0.2) is 0 Å². The molecule has 0 aromatic heterocycles. The molecule has 0 bridgehead atoms. The Balaban J connectivity index is 2.75. The molecule has 0 radical (unpaired) electrons. The van der Waals surface area contributed by atoms with Crippen LogP contribution in [-0.4, -0.2) is 5.91 Å². The fourth-order valence-electron chi connectivity index (χ4n) is 1.92. The van der Waals surface area contributed by atoms with Crippen molar-refractivity contribution in [1.82, 2.24) is 0 Å². The molecule has 20 heavy (non-hydrogen) atoms. The number of alkyl halides is 3. The van der Waals surface area contributed by atoms with E-state index in [1.807, 2.05) is 0 Å². The van der Waals surface area contributed by atoms with E-state index >= 15 is 0 Å². The normalized spacial score (nSPS) is 11.4. The molecule has 0 fully saturated rings. The molecule has 2 N–H and O–H groups in total. The molecule has 0 aliphatic carbocycles. The Morgan fingerprint density at radius 2 is 1.70 bits per heavy atom. The van der Waals surface area contributed by atoms with Gasteiger partial charge in [-0.2, -0.15) is 13.2 Å². The molecule has 6 heteroatoms. The lowest BCUT2D eigenvalue weighted by molar-refractivity contribution is -0.137. The van der Waals surface area contributed by atoms with Crippen LogP contribution in [0.5, 0.6) is 0 Å². The largest absolute Gasteiger partial charge is 0.417 e. The molecule has 0 spiro atoms. The highest BCUT2D eigenvalue weighted by Gasteiger charge is 2.34. The molecule has 0 heterocycles. The van der Waals surface area contributed by atoms with Gasteiger partial charge in [0.05, 0.1) is 5.56 Å². The molecule has 2 aromatic rings. The van der Waals surface area contributed by atoms with Crippen LogP contribution in [0.4, 0.5) is 13.2 Å². The Kier molecular flexibility index (Phi) is 3.72. The number of hydrogen-bond donors (Lipinski definition) is 1. The van der Waals surface area contributed by atoms with E-state index in [2.05, 4.69) is 0 Å². The fraction of sp³-hybridized carbons (Fsp3) is 0.0714. The minimum atomic E-state index is -4.53. The predicted molar refractivity (Wildman–Crippen MR) is 70.4 cm³/mol. The second-order valence-corrected chi connectivity index (χ2v) is 4.53. The number of carbonyl (C=O) groups is 1. The Hall–Kier alpha value is -2.01. The molecule has 0 unspecified atom stereocenters. The molecule has 2 aromatic carbocycles. The summed E-state index contributed by atoms with van der Waals surface area (Å²) in [7, 11) is 0. The van der Waals surface area contributed by atoms with E-state index in [1.54, 1.807) is 0 Å². The molecular formula is C14H9ClF3NO. The number of primary amides is 1. The number of benzene rings is 2. The fourth-order valence-corrected chi connectivity index (χ4v) is 2.09. The average molecular weight is 300 g/mol. The first-order chi connectivity index (χ1) is 9.30. The minimum absolute atomic E-state index is 0.00824. The van der Waals surface area contributed by atoms with Gasteiger partial charge in [-0.15, -0.1) is 0 Å². The van der Waals surface area contributed by atoms with Crippen LogP contribution in [-0.2, 0) is 6.18 Å². The molecule has 1 amide bonds. The van der Waals surface area contributed by atoms with Gasteiger partial charge in [0.1, 0.15) is 0 Å². The smallest absolute Gasteiger partial charge is 0.366 e. The zero-order valence-electron chi connectivity index (χ0n) is 10.0. The molecule has 0 aliphatic rings. The number of halogens is 4. The topological polar surface area (TPSA) is 43.1 Å². The van der Waals surface area contributed by atoms with Crippen molar-refractivity contribution in [1.29, 1.82) is 0 Å². The Morgan fingerprint density at radius 1 is 1.05 bits per heavy atom. The average Bonchev–Trinajstić information content (AvgIpc) is 2.37. The summed E-state index contributed by atoms with van der Waals surface area (Å²) >= 11 is 5.80. The van der Waals surface area contributed by atoms with Gasteiger partial charge in [0.2, 0.25) is 5.91 Å². The van der Waals surface area contributed by atoms with E-state index in [9.17, 15) is 18.0 Å². The van der Waals surface area contributed by atoms with E-state index in [0.717, 1.165) is 6.07 Å². The van der Waals surface area contributed by atoms with Crippen molar-refractivity contribution in [2.45, 2.75) is 6.18 Å². The number of nitrogens with two attached hydrogens (primary N) is 1. The molecule has 2 rings (SSSR count). The van der Waals surface area contributed by atoms with Gasteiger partial charge in [-0.25, -0.2) is 0 Å². The number of hydrogen-bond acceptors (Lipinski definition) is 1. The van der Waals surface area contributed by atoms with E-state index < -0.39 is 17.6 Å². The summed E-state index contributed by atoms with van der Waals surface area (Å²) in [6.45, 7) is 0. The lowest BCUT2D eigenvalue weighted by Gasteiger charge is -2.15. The van der Waals surface area contributed by atoms with Crippen LogP contribution in [0.3, 0.4) is 0 Å². The van der Waals surface area contributed by atoms with Gasteiger partial charge in [-0.05, 0) is 35.4 Å². The van der Waals surface area contributed by atoms with Crippen LogP contribution >= 0.6 is 11.6 Å². The summed E-state index contributed by atoms with van der Waals surface area (Å²) in [6, 6.07) is 8.97. The summed E-state index contributed by atoms with van der Waals surface area (Å²) < 4.78 is 39.1. The van der Waals surface area contributed by atoms with Crippen LogP contribution in [0, 0.1) is 0 Å². The molecule has 104 valence electrons. The van der Waals surface area contributed by atoms with Gasteiger partial charge in [-0.1, -0.05) is 29.8 Å². The zero-order valence-corrected chi connectivity index (χ0v) is 10.8. The molecule has 0 saturated heterocycles. The third-order valence-electron chi connectivity index (χ3n) is 2.77. The number of amides is 1. The van der Waals surface area contributed by atoms with Crippen molar-refractivity contribution < 1.29 is 18.0 Å². The third kappa shape index (κ3) is 2.77. The quantitative estimate of drug-likeness (QED) is 0.890. The van der Waals surface area contributed by atoms with Crippen molar-refractivity contribution in [3.8, 4) is 11.1 Å². The summed E-state index contributed by atoms with van der Waals surface area (Å²) in [6.07, 6.45) is -4.53. The standard InChI is InChI=1S/C14H9ClF3NO/c15-8-5-6-10(13(19)20)11(7-8)9-3-1-2-4-12(9)14(16,17)18/h1-7H,(H2,19,20). The first-order valence-corrected chi connectivity index (χ1v) is 5.94. The van der Waals surface area contributed by atoms with Gasteiger partial charge < -0.3 is 5.73 Å². The van der Waals surface area contributed by atoms with Crippen molar-refractivity contribution >= 4 is 17.5 Å². The lowest BCUT2D eigenvalue weighted by atomic mass is 9.95. The second kappa shape index (κ2) is 5.17. The van der Waals surface area contributed by atoms with Gasteiger partial charge in [0, 0.05) is 10.6 Å². The summed E-state index contributed by atoms with van der Waals surface area (Å²) in [5.74, 6) is -0.811. The van der Waals surface area contributed by atoms with E-state index in [4.69, 9.17) is 17.3 Å². The zero-order chi connectivity index (χ0) is 14.9. The SMILES string of the molecule is NC(=O)c1ccc(Cl)cc1-c1ccccc1C(F)(F)F. The van der Waals surface area contributed by atoms with Crippen molar-refractivity contribution in [3.05, 3.63) is 58.6 Å². The second-order valence-electron chi connectivity index (χ2n) is 4.10. The van der Waals surface area contributed by atoms with Crippen molar-refractivity contribution in [3.63, 3.8) is 0 Å². The molecule has 0 saturated carbocycles. The van der Waals surface area contributed by atoms with Gasteiger partial charge in [-0.3, -0.25) is 4.79 Å². The maximum Gasteiger partial charge on any atom is 0.417 e. The third-order valence-corrected chi connectivity index (χ3v) is 3.00. The number of rotatable bonds is 2. The highest BCUT2D eigenvalue weighted by atomic mass is 35.5. The maximum atomic E-state index is 13.0. The molecule has 0 aliphatic heterocycles. The predicted octanol–water partition coefficient (Wildman–Crippen LogP) is 4.12. The Labute approximate surface area is 118 Å². The monoisotopic (exact) mass is 299 g/mol. The van der Waals surface area contributed by atoms with Crippen LogP contribution in [0.25, 0.3) is 11.1 Å². The Bertz CT molecular complexity index is 668. The van der Waals surface area contributed by atoms with E-state index in [1.165, 1.54) is 36.4 Å². The first-order valence-electron chi connectivity index (χ1n) is 5.56. The van der Waals surface area contributed by atoms with Gasteiger partial charge >= 0.3 is 6.18 Å². The highest BCUT2D eigenvalue weighted by molar-refractivity contribution is 6.31. The maximum absolute atomic E-state index is 13.0. The van der Waals surface area contributed by atoms with E-state index in [-0.39, 0.29) is 21.7 Å². The summed E-state index contributed by atoms with van der Waals surface area (Å²) in [4.78, 5) is 11.4. The number of carbonyl (C=O) groups excluding carboxylic acids is 1. The first kappa shape index (κ1) is 14.4. The molecule has 0 atom stereocenters. The summed E-state index contributed by atoms with van der Waals surface area (Å²) in [5, 5.41) is 0.224. The van der Waals surface area contributed by atoms with E-state index in [0.29, 0.717) is 0 Å². The molecule has 2 nitrogen and oxygen atoms in total. The highest BCUT2D eigenvalue weighted by Crippen LogP contribution is 2.38.